The normalized spacial score (nSPS) is 26.7. The van der Waals surface area contributed by atoms with Gasteiger partial charge in [0, 0.05) is 31.1 Å². The first kappa shape index (κ1) is 10.3. The van der Waals surface area contributed by atoms with E-state index >= 15 is 0 Å². The fourth-order valence-corrected chi connectivity index (χ4v) is 2.79. The van der Waals surface area contributed by atoms with Crippen molar-refractivity contribution >= 4 is 0 Å². The van der Waals surface area contributed by atoms with Gasteiger partial charge in [-0.15, -0.1) is 0 Å². The molecule has 16 heavy (non-hydrogen) atoms. The van der Waals surface area contributed by atoms with Crippen LogP contribution in [-0.4, -0.2) is 28.7 Å². The van der Waals surface area contributed by atoms with Crippen molar-refractivity contribution in [3.8, 4) is 0 Å². The molecule has 3 N–H and O–H groups in total. The smallest absolute Gasteiger partial charge is 0.110 e. The first-order valence-electron chi connectivity index (χ1n) is 6.35. The van der Waals surface area contributed by atoms with E-state index in [0.29, 0.717) is 12.0 Å². The molecule has 0 saturated carbocycles. The van der Waals surface area contributed by atoms with Crippen LogP contribution in [0.2, 0.25) is 0 Å². The molecule has 0 aliphatic carbocycles. The second-order valence-electron chi connectivity index (χ2n) is 5.05. The molecule has 88 valence electrons. The molecule has 1 unspecified atom stereocenters. The first-order chi connectivity index (χ1) is 7.83. The summed E-state index contributed by atoms with van der Waals surface area (Å²) in [6.45, 7) is 3.31. The van der Waals surface area contributed by atoms with Crippen molar-refractivity contribution in [1.82, 2.24) is 14.9 Å². The van der Waals surface area contributed by atoms with Crippen molar-refractivity contribution < 1.29 is 0 Å². The van der Waals surface area contributed by atoms with E-state index in [0.717, 1.165) is 32.5 Å². The minimum Gasteiger partial charge on any atom is -0.335 e. The summed E-state index contributed by atoms with van der Waals surface area (Å²) in [5.74, 6) is 1.86. The van der Waals surface area contributed by atoms with Crippen molar-refractivity contribution in [2.75, 3.05) is 13.1 Å². The lowest BCUT2D eigenvalue weighted by Gasteiger charge is -2.20. The van der Waals surface area contributed by atoms with Crippen LogP contribution in [0.4, 0.5) is 0 Å². The zero-order valence-corrected chi connectivity index (χ0v) is 9.65. The molecule has 4 nitrogen and oxygen atoms in total. The summed E-state index contributed by atoms with van der Waals surface area (Å²) >= 11 is 0. The van der Waals surface area contributed by atoms with E-state index in [4.69, 9.17) is 10.7 Å². The Hall–Kier alpha value is -0.870. The van der Waals surface area contributed by atoms with Gasteiger partial charge >= 0.3 is 0 Å². The van der Waals surface area contributed by atoms with Gasteiger partial charge in [0.15, 0.2) is 0 Å². The Bertz CT molecular complexity index is 365. The van der Waals surface area contributed by atoms with Crippen molar-refractivity contribution in [1.29, 1.82) is 0 Å². The van der Waals surface area contributed by atoms with Gasteiger partial charge in [0.1, 0.15) is 5.82 Å². The summed E-state index contributed by atoms with van der Waals surface area (Å²) in [6.07, 6.45) is 6.75. The summed E-state index contributed by atoms with van der Waals surface area (Å²) in [4.78, 5) is 4.78. The standard InChI is InChI=1S/C12H20N4/c13-10-3-6-16-8-11(15-12(16)7-10)9-1-4-14-5-2-9/h8-10,14H,1-7,13H2. The number of nitrogens with zero attached hydrogens (tertiary/aromatic N) is 2. The molecular formula is C12H20N4. The molecule has 1 aromatic rings. The SMILES string of the molecule is NC1CCn2cc(C3CCNCC3)nc2C1. The summed E-state index contributed by atoms with van der Waals surface area (Å²) in [6, 6.07) is 0.316. The second kappa shape index (κ2) is 4.18. The van der Waals surface area contributed by atoms with Gasteiger partial charge in [-0.25, -0.2) is 4.98 Å². The molecule has 1 atom stereocenters. The summed E-state index contributed by atoms with van der Waals surface area (Å²) in [7, 11) is 0. The number of fused-ring (bicyclic) bond motifs is 1. The lowest BCUT2D eigenvalue weighted by molar-refractivity contribution is 0.454. The number of nitrogens with one attached hydrogen (secondary N) is 1. The van der Waals surface area contributed by atoms with Gasteiger partial charge in [-0.1, -0.05) is 0 Å². The highest BCUT2D eigenvalue weighted by atomic mass is 15.1. The Labute approximate surface area is 96.2 Å². The number of hydrogen-bond donors (Lipinski definition) is 2. The molecule has 0 bridgehead atoms. The number of nitrogens with two attached hydrogens (primary N) is 1. The van der Waals surface area contributed by atoms with E-state index in [2.05, 4.69) is 16.1 Å². The number of imidazole rings is 1. The number of hydrogen-bond acceptors (Lipinski definition) is 3. The summed E-state index contributed by atoms with van der Waals surface area (Å²) in [5, 5.41) is 3.40. The van der Waals surface area contributed by atoms with Crippen LogP contribution in [0.15, 0.2) is 6.20 Å². The fourth-order valence-electron chi connectivity index (χ4n) is 2.79. The Kier molecular flexibility index (Phi) is 2.69. The van der Waals surface area contributed by atoms with Gasteiger partial charge in [-0.3, -0.25) is 0 Å². The number of piperidine rings is 1. The predicted molar refractivity (Wildman–Crippen MR) is 63.4 cm³/mol. The zero-order chi connectivity index (χ0) is 11.0. The van der Waals surface area contributed by atoms with Crippen LogP contribution in [0.3, 0.4) is 0 Å². The van der Waals surface area contributed by atoms with Gasteiger partial charge < -0.3 is 15.6 Å². The van der Waals surface area contributed by atoms with E-state index in [9.17, 15) is 0 Å². The third kappa shape index (κ3) is 1.87. The number of aromatic nitrogens is 2. The average molecular weight is 220 g/mol. The average Bonchev–Trinajstić information content (AvgIpc) is 2.73. The first-order valence-corrected chi connectivity index (χ1v) is 6.35. The molecule has 2 aliphatic heterocycles. The van der Waals surface area contributed by atoms with Crippen LogP contribution in [0.5, 0.6) is 0 Å². The zero-order valence-electron chi connectivity index (χ0n) is 9.65. The molecule has 0 radical (unpaired) electrons. The maximum Gasteiger partial charge on any atom is 0.110 e. The van der Waals surface area contributed by atoms with E-state index in [-0.39, 0.29) is 0 Å². The molecular weight excluding hydrogens is 200 g/mol. The number of aryl methyl sites for hydroxylation is 1. The van der Waals surface area contributed by atoms with Crippen molar-refractivity contribution in [3.05, 3.63) is 17.7 Å². The van der Waals surface area contributed by atoms with Gasteiger partial charge in [0.05, 0.1) is 5.69 Å². The van der Waals surface area contributed by atoms with Crippen LogP contribution < -0.4 is 11.1 Å². The van der Waals surface area contributed by atoms with E-state index in [1.807, 2.05) is 0 Å². The lowest BCUT2D eigenvalue weighted by Crippen LogP contribution is -2.30. The Morgan fingerprint density at radius 2 is 2.12 bits per heavy atom. The molecule has 4 heteroatoms. The summed E-state index contributed by atoms with van der Waals surface area (Å²) in [5.41, 5.74) is 7.27. The van der Waals surface area contributed by atoms with Crippen LogP contribution in [0.1, 0.15) is 36.7 Å². The highest BCUT2D eigenvalue weighted by Crippen LogP contribution is 2.26. The third-order valence-corrected chi connectivity index (χ3v) is 3.82. The molecule has 1 saturated heterocycles. The Morgan fingerprint density at radius 3 is 2.94 bits per heavy atom. The molecule has 3 heterocycles. The van der Waals surface area contributed by atoms with Crippen LogP contribution in [0, 0.1) is 0 Å². The summed E-state index contributed by atoms with van der Waals surface area (Å²) < 4.78 is 2.31. The molecule has 2 aliphatic rings. The van der Waals surface area contributed by atoms with E-state index < -0.39 is 0 Å². The van der Waals surface area contributed by atoms with Crippen molar-refractivity contribution in [2.45, 2.75) is 44.2 Å². The second-order valence-corrected chi connectivity index (χ2v) is 5.05. The Balaban J connectivity index is 1.80. The predicted octanol–water partition coefficient (Wildman–Crippen LogP) is 0.624. The van der Waals surface area contributed by atoms with Crippen LogP contribution in [-0.2, 0) is 13.0 Å². The van der Waals surface area contributed by atoms with E-state index in [1.165, 1.54) is 24.4 Å². The van der Waals surface area contributed by atoms with Crippen LogP contribution >= 0.6 is 0 Å². The minimum atomic E-state index is 0.316. The quantitative estimate of drug-likeness (QED) is 0.729. The van der Waals surface area contributed by atoms with Gasteiger partial charge in [-0.05, 0) is 32.4 Å². The van der Waals surface area contributed by atoms with Crippen molar-refractivity contribution in [3.63, 3.8) is 0 Å². The van der Waals surface area contributed by atoms with Crippen LogP contribution in [0.25, 0.3) is 0 Å². The third-order valence-electron chi connectivity index (χ3n) is 3.82. The monoisotopic (exact) mass is 220 g/mol. The molecule has 0 amide bonds. The topological polar surface area (TPSA) is 55.9 Å². The maximum atomic E-state index is 5.97. The lowest BCUT2D eigenvalue weighted by atomic mass is 9.95. The minimum absolute atomic E-state index is 0.316. The molecule has 1 aromatic heterocycles. The largest absolute Gasteiger partial charge is 0.335 e. The maximum absolute atomic E-state index is 5.97. The van der Waals surface area contributed by atoms with Gasteiger partial charge in [-0.2, -0.15) is 0 Å². The van der Waals surface area contributed by atoms with E-state index in [1.54, 1.807) is 0 Å². The molecule has 0 aromatic carbocycles. The van der Waals surface area contributed by atoms with Gasteiger partial charge in [0.2, 0.25) is 0 Å². The molecule has 0 spiro atoms. The number of rotatable bonds is 1. The highest BCUT2D eigenvalue weighted by Gasteiger charge is 2.22. The molecule has 3 rings (SSSR count). The van der Waals surface area contributed by atoms with Gasteiger partial charge in [0.25, 0.3) is 0 Å². The highest BCUT2D eigenvalue weighted by molar-refractivity contribution is 5.13. The fraction of sp³-hybridized carbons (Fsp3) is 0.750. The molecule has 1 fully saturated rings. The Morgan fingerprint density at radius 1 is 1.31 bits per heavy atom. The van der Waals surface area contributed by atoms with Crippen molar-refractivity contribution in [2.24, 2.45) is 5.73 Å².